The normalized spacial score (nSPS) is 20.3. The molecule has 1 saturated heterocycles. The molecule has 0 aliphatic carbocycles. The van der Waals surface area contributed by atoms with Gasteiger partial charge >= 0.3 is 0 Å². The van der Waals surface area contributed by atoms with Gasteiger partial charge in [-0.15, -0.1) is 0 Å². The molecule has 1 aliphatic heterocycles. The van der Waals surface area contributed by atoms with Gasteiger partial charge in [0, 0.05) is 29.7 Å². The first-order valence-electron chi connectivity index (χ1n) is 6.90. The predicted octanol–water partition coefficient (Wildman–Crippen LogP) is 1.98. The highest BCUT2D eigenvalue weighted by atomic mass is 32.2. The van der Waals surface area contributed by atoms with Crippen LogP contribution >= 0.6 is 24.0 Å². The van der Waals surface area contributed by atoms with Gasteiger partial charge < -0.3 is 5.73 Å². The monoisotopic (exact) mass is 344 g/mol. The molecule has 0 amide bonds. The van der Waals surface area contributed by atoms with Crippen molar-refractivity contribution < 1.29 is 8.42 Å². The van der Waals surface area contributed by atoms with Crippen molar-refractivity contribution in [1.29, 1.82) is 0 Å². The zero-order chi connectivity index (χ0) is 15.5. The van der Waals surface area contributed by atoms with Crippen LogP contribution in [0.25, 0.3) is 0 Å². The van der Waals surface area contributed by atoms with Crippen LogP contribution in [0, 0.1) is 0 Å². The lowest BCUT2D eigenvalue weighted by molar-refractivity contribution is 0.415. The average Bonchev–Trinajstić information content (AvgIpc) is 2.47. The third-order valence-electron chi connectivity index (χ3n) is 3.51. The molecule has 1 heterocycles. The molecule has 4 nitrogen and oxygen atoms in total. The first-order valence-corrected chi connectivity index (χ1v) is 9.97. The van der Waals surface area contributed by atoms with Crippen molar-refractivity contribution in [3.8, 4) is 0 Å². The SMILES string of the molecule is CCC1CN(S(=O)(=O)Cc2cccc(C(N)=S)c2)CCS1. The molecule has 7 heteroatoms. The summed E-state index contributed by atoms with van der Waals surface area (Å²) in [6.07, 6.45) is 0.994. The Bertz CT molecular complexity index is 616. The molecular weight excluding hydrogens is 324 g/mol. The number of benzene rings is 1. The van der Waals surface area contributed by atoms with E-state index in [1.807, 2.05) is 11.8 Å². The lowest BCUT2D eigenvalue weighted by Crippen LogP contribution is -2.42. The summed E-state index contributed by atoms with van der Waals surface area (Å²) in [4.78, 5) is 0.287. The van der Waals surface area contributed by atoms with E-state index in [9.17, 15) is 8.42 Å². The fourth-order valence-electron chi connectivity index (χ4n) is 2.31. The number of rotatable bonds is 5. The van der Waals surface area contributed by atoms with E-state index in [0.29, 0.717) is 23.9 Å². The van der Waals surface area contributed by atoms with Crippen LogP contribution in [0.3, 0.4) is 0 Å². The molecule has 21 heavy (non-hydrogen) atoms. The molecule has 0 radical (unpaired) electrons. The maximum absolute atomic E-state index is 12.6. The van der Waals surface area contributed by atoms with Crippen molar-refractivity contribution in [2.45, 2.75) is 24.3 Å². The molecule has 2 rings (SSSR count). The summed E-state index contributed by atoms with van der Waals surface area (Å²) in [5, 5.41) is 0.400. The number of thiocarbonyl (C=S) groups is 1. The van der Waals surface area contributed by atoms with E-state index in [1.165, 1.54) is 0 Å². The maximum atomic E-state index is 12.6. The molecule has 1 aromatic rings. The van der Waals surface area contributed by atoms with Gasteiger partial charge in [0.05, 0.1) is 5.75 Å². The number of nitrogens with zero attached hydrogens (tertiary/aromatic N) is 1. The Morgan fingerprint density at radius 2 is 2.29 bits per heavy atom. The second-order valence-corrected chi connectivity index (χ2v) is 8.90. The molecule has 0 aromatic heterocycles. The zero-order valence-electron chi connectivity index (χ0n) is 12.0. The second kappa shape index (κ2) is 7.09. The Morgan fingerprint density at radius 1 is 1.52 bits per heavy atom. The molecule has 1 aliphatic rings. The quantitative estimate of drug-likeness (QED) is 0.828. The summed E-state index contributed by atoms with van der Waals surface area (Å²) in [7, 11) is -3.29. The predicted molar refractivity (Wildman–Crippen MR) is 93.1 cm³/mol. The topological polar surface area (TPSA) is 63.4 Å². The molecule has 1 aromatic carbocycles. The first kappa shape index (κ1) is 16.7. The summed E-state index contributed by atoms with van der Waals surface area (Å²) in [5.74, 6) is 0.870. The molecule has 2 N–H and O–H groups in total. The Hall–Kier alpha value is -0.630. The smallest absolute Gasteiger partial charge is 0.218 e. The van der Waals surface area contributed by atoms with Gasteiger partial charge in [-0.3, -0.25) is 0 Å². The molecule has 1 fully saturated rings. The number of thioether (sulfide) groups is 1. The fourth-order valence-corrected chi connectivity index (χ4v) is 5.39. The largest absolute Gasteiger partial charge is 0.389 e. The summed E-state index contributed by atoms with van der Waals surface area (Å²) >= 11 is 6.79. The summed E-state index contributed by atoms with van der Waals surface area (Å²) < 4.78 is 26.7. The summed E-state index contributed by atoms with van der Waals surface area (Å²) in [6, 6.07) is 7.15. The maximum Gasteiger partial charge on any atom is 0.218 e. The lowest BCUT2D eigenvalue weighted by atomic mass is 10.1. The van der Waals surface area contributed by atoms with Gasteiger partial charge in [0.2, 0.25) is 10.0 Å². The second-order valence-electron chi connectivity index (χ2n) is 5.08. The highest BCUT2D eigenvalue weighted by molar-refractivity contribution is 8.00. The Morgan fingerprint density at radius 3 is 2.95 bits per heavy atom. The summed E-state index contributed by atoms with van der Waals surface area (Å²) in [5.41, 5.74) is 7.03. The van der Waals surface area contributed by atoms with E-state index in [0.717, 1.165) is 17.7 Å². The minimum Gasteiger partial charge on any atom is -0.389 e. The third-order valence-corrected chi connectivity index (χ3v) is 6.94. The zero-order valence-corrected chi connectivity index (χ0v) is 14.4. The van der Waals surface area contributed by atoms with E-state index < -0.39 is 10.0 Å². The van der Waals surface area contributed by atoms with Crippen molar-refractivity contribution in [2.75, 3.05) is 18.8 Å². The number of sulfonamides is 1. The first-order chi connectivity index (χ1) is 9.92. The van der Waals surface area contributed by atoms with Gasteiger partial charge in [0.1, 0.15) is 4.99 Å². The van der Waals surface area contributed by atoms with Crippen molar-refractivity contribution in [3.63, 3.8) is 0 Å². The molecule has 0 saturated carbocycles. The average molecular weight is 345 g/mol. The van der Waals surface area contributed by atoms with Crippen LogP contribution in [-0.2, 0) is 15.8 Å². The fraction of sp³-hybridized carbons (Fsp3) is 0.500. The molecular formula is C14H20N2O2S3. The number of nitrogens with two attached hydrogens (primary N) is 1. The van der Waals surface area contributed by atoms with Crippen LogP contribution in [0.1, 0.15) is 24.5 Å². The van der Waals surface area contributed by atoms with E-state index >= 15 is 0 Å². The van der Waals surface area contributed by atoms with E-state index in [1.54, 1.807) is 28.6 Å². The highest BCUT2D eigenvalue weighted by Gasteiger charge is 2.28. The molecule has 0 bridgehead atoms. The number of hydrogen-bond acceptors (Lipinski definition) is 4. The van der Waals surface area contributed by atoms with Crippen LogP contribution in [0.4, 0.5) is 0 Å². The molecule has 116 valence electrons. The number of hydrogen-bond donors (Lipinski definition) is 1. The molecule has 0 spiro atoms. The van der Waals surface area contributed by atoms with Crippen molar-refractivity contribution in [2.24, 2.45) is 5.73 Å². The summed E-state index contributed by atoms with van der Waals surface area (Å²) in [6.45, 7) is 3.30. The van der Waals surface area contributed by atoms with Crippen LogP contribution in [0.2, 0.25) is 0 Å². The van der Waals surface area contributed by atoms with Gasteiger partial charge in [0.15, 0.2) is 0 Å². The van der Waals surface area contributed by atoms with Crippen molar-refractivity contribution in [1.82, 2.24) is 4.31 Å². The standard InChI is InChI=1S/C14H20N2O2S3/c1-2-13-9-16(6-7-20-13)21(17,18)10-11-4-3-5-12(8-11)14(15)19/h3-5,8,13H,2,6-7,9-10H2,1H3,(H2,15,19). The minimum atomic E-state index is -3.29. The van der Waals surface area contributed by atoms with E-state index in [2.05, 4.69) is 6.92 Å². The van der Waals surface area contributed by atoms with Crippen LogP contribution in [0.5, 0.6) is 0 Å². The van der Waals surface area contributed by atoms with Crippen LogP contribution in [0.15, 0.2) is 24.3 Å². The highest BCUT2D eigenvalue weighted by Crippen LogP contribution is 2.24. The van der Waals surface area contributed by atoms with E-state index in [4.69, 9.17) is 18.0 Å². The Labute approximate surface area is 136 Å². The lowest BCUT2D eigenvalue weighted by Gasteiger charge is -2.31. The van der Waals surface area contributed by atoms with E-state index in [-0.39, 0.29) is 10.7 Å². The van der Waals surface area contributed by atoms with Crippen molar-refractivity contribution >= 4 is 39.0 Å². The van der Waals surface area contributed by atoms with Crippen LogP contribution < -0.4 is 5.73 Å². The van der Waals surface area contributed by atoms with Gasteiger partial charge in [-0.05, 0) is 18.1 Å². The van der Waals surface area contributed by atoms with Gasteiger partial charge in [-0.1, -0.05) is 37.3 Å². The van der Waals surface area contributed by atoms with Gasteiger partial charge in [0.25, 0.3) is 0 Å². The van der Waals surface area contributed by atoms with Crippen molar-refractivity contribution in [3.05, 3.63) is 35.4 Å². The Balaban J connectivity index is 2.13. The molecule has 1 atom stereocenters. The third kappa shape index (κ3) is 4.42. The minimum absolute atomic E-state index is 0.00452. The van der Waals surface area contributed by atoms with Gasteiger partial charge in [-0.2, -0.15) is 16.1 Å². The van der Waals surface area contributed by atoms with Crippen LogP contribution in [-0.4, -0.2) is 41.8 Å². The Kier molecular flexibility index (Phi) is 5.65. The van der Waals surface area contributed by atoms with Gasteiger partial charge in [-0.25, -0.2) is 8.42 Å². The molecule has 1 unspecified atom stereocenters.